The second-order valence-corrected chi connectivity index (χ2v) is 23.7. The number of benzene rings is 2. The van der Waals surface area contributed by atoms with Gasteiger partial charge in [0, 0.05) is 84.1 Å². The van der Waals surface area contributed by atoms with Crippen molar-refractivity contribution >= 4 is 0 Å². The number of nitrogens with zero attached hydrogens (tertiary/aromatic N) is 14. The molecule has 24 heteroatoms. The summed E-state index contributed by atoms with van der Waals surface area (Å²) < 4.78 is 131. The molecule has 8 aromatic heterocycles. The van der Waals surface area contributed by atoms with E-state index in [1.165, 1.54) is 89.7 Å². The summed E-state index contributed by atoms with van der Waals surface area (Å²) in [4.78, 5) is 19.0. The van der Waals surface area contributed by atoms with E-state index < -0.39 is 35.1 Å². The third kappa shape index (κ3) is 11.0. The standard InChI is InChI=1S/C63H53F8N15O/c1-83-31-73-81-60(83)49-22-41(64)4-10-46(49)36-19-55(80-57(21-36)86-28-39(24-76-86)58-51(62(66,67)68)12-6-43(77-58)26-72-53-16-33-14-37(53)15-33)48-17-38(48)27-84-32-74-82-61(84)50-23-42(65)5-11-47(50)35-18-54(34-2-3-34)79-56(20-35)85-29-40(25-75-85)59-52(63(69,70)71)13-7-44(78-59)30-87-45-8-9-45/h4-7,10-13,18-25,28-29,31-34,37-38,45,48,53,72H,2-3,8-9,14-17,26-27,30H2,1H3/t33?,37?,38?,48?,53-/m1/s1. The lowest BCUT2D eigenvalue weighted by atomic mass is 9.84. The van der Waals surface area contributed by atoms with Crippen LogP contribution in [-0.4, -0.2) is 81.2 Å². The molecule has 2 unspecified atom stereocenters. The van der Waals surface area contributed by atoms with Gasteiger partial charge >= 0.3 is 12.4 Å². The minimum atomic E-state index is -4.71. The average Bonchev–Trinajstić information content (AvgIpc) is 1.83. The van der Waals surface area contributed by atoms with Gasteiger partial charge in [-0.3, -0.25) is 4.98 Å². The van der Waals surface area contributed by atoms with E-state index in [-0.39, 0.29) is 58.8 Å². The fourth-order valence-electron chi connectivity index (χ4n) is 12.5. The maximum Gasteiger partial charge on any atom is 0.418 e. The number of halogens is 8. The van der Waals surface area contributed by atoms with Crippen LogP contribution >= 0.6 is 0 Å². The summed E-state index contributed by atoms with van der Waals surface area (Å²) in [6.45, 7) is 0.764. The van der Waals surface area contributed by atoms with Gasteiger partial charge in [-0.05, 0) is 164 Å². The third-order valence-corrected chi connectivity index (χ3v) is 17.4. The summed E-state index contributed by atoms with van der Waals surface area (Å²) >= 11 is 0. The Labute approximate surface area is 491 Å². The van der Waals surface area contributed by atoms with Crippen molar-refractivity contribution in [1.82, 2.24) is 74.3 Å². The van der Waals surface area contributed by atoms with E-state index in [0.717, 1.165) is 49.9 Å². The Bertz CT molecular complexity index is 4290. The zero-order chi connectivity index (χ0) is 59.5. The van der Waals surface area contributed by atoms with Gasteiger partial charge in [0.2, 0.25) is 0 Å². The summed E-state index contributed by atoms with van der Waals surface area (Å²) in [7, 11) is 1.74. The van der Waals surface area contributed by atoms with E-state index in [4.69, 9.17) is 14.7 Å². The van der Waals surface area contributed by atoms with E-state index in [1.807, 2.05) is 16.7 Å². The van der Waals surface area contributed by atoms with E-state index >= 15 is 8.78 Å². The van der Waals surface area contributed by atoms with Gasteiger partial charge in [0.15, 0.2) is 23.3 Å². The molecule has 442 valence electrons. The summed E-state index contributed by atoms with van der Waals surface area (Å²) in [5.74, 6) is 1.51. The molecule has 1 N–H and O–H groups in total. The molecule has 2 aromatic carbocycles. The molecule has 0 saturated heterocycles. The number of aryl methyl sites for hydroxylation is 1. The highest BCUT2D eigenvalue weighted by Gasteiger charge is 2.45. The Morgan fingerprint density at radius 3 is 1.76 bits per heavy atom. The smallest absolute Gasteiger partial charge is 0.372 e. The van der Waals surface area contributed by atoms with Crippen molar-refractivity contribution in [2.45, 2.75) is 107 Å². The van der Waals surface area contributed by atoms with Crippen LogP contribution in [0.25, 0.3) is 79.2 Å². The molecule has 87 heavy (non-hydrogen) atoms. The number of nitrogens with one attached hydrogen (secondary N) is 1. The van der Waals surface area contributed by atoms with Crippen LogP contribution in [0.15, 0.2) is 122 Å². The molecule has 16 rings (SSSR count). The SMILES string of the molecule is Cn1cnnc1-c1cc(F)ccc1-c1cc(C2CC2Cn2cnnc2-c2cc(F)ccc2-c2cc(C3CC3)nc(-n3cc(-c4nc(COC5CC5)ccc4C(F)(F)F)cn3)c2)nc(-n2cc(-c3nc(CN[C@@H]4CC5CC4C5)ccc3C(F)(F)F)cn2)c1. The second kappa shape index (κ2) is 21.2. The maximum atomic E-state index is 15.6. The van der Waals surface area contributed by atoms with Gasteiger partial charge in [-0.25, -0.2) is 33.1 Å². The first-order chi connectivity index (χ1) is 42.0. The van der Waals surface area contributed by atoms with Crippen molar-refractivity contribution in [2.24, 2.45) is 24.8 Å². The van der Waals surface area contributed by atoms with E-state index in [1.54, 1.807) is 42.2 Å². The summed E-state index contributed by atoms with van der Waals surface area (Å²) in [5, 5.41) is 29.8. The first-order valence-electron chi connectivity index (χ1n) is 29.0. The van der Waals surface area contributed by atoms with Crippen LogP contribution in [0.1, 0.15) is 97.1 Å². The van der Waals surface area contributed by atoms with Gasteiger partial charge in [-0.15, -0.1) is 20.4 Å². The quantitative estimate of drug-likeness (QED) is 0.0808. The van der Waals surface area contributed by atoms with Gasteiger partial charge in [0.1, 0.15) is 24.3 Å². The Morgan fingerprint density at radius 1 is 0.586 bits per heavy atom. The highest BCUT2D eigenvalue weighted by Crippen LogP contribution is 2.51. The highest BCUT2D eigenvalue weighted by atomic mass is 19.4. The lowest BCUT2D eigenvalue weighted by Crippen LogP contribution is -2.31. The number of fused-ring (bicyclic) bond motifs is 1. The van der Waals surface area contributed by atoms with Crippen LogP contribution in [0, 0.1) is 29.4 Å². The minimum absolute atomic E-state index is 0.0707. The molecule has 0 spiro atoms. The van der Waals surface area contributed by atoms with Crippen LogP contribution in [0.4, 0.5) is 35.1 Å². The molecule has 2 bridgehead atoms. The number of rotatable bonds is 18. The fraction of sp³-hybridized carbons (Fsp3) is 0.333. The summed E-state index contributed by atoms with van der Waals surface area (Å²) in [5.41, 5.74) is 3.44. The maximum absolute atomic E-state index is 15.6. The summed E-state index contributed by atoms with van der Waals surface area (Å²) in [6, 6.07) is 21.2. The molecule has 16 nitrogen and oxygen atoms in total. The molecule has 3 atom stereocenters. The topological polar surface area (TPSA) is 170 Å². The molecule has 8 heterocycles. The summed E-state index contributed by atoms with van der Waals surface area (Å²) in [6.07, 6.45) is 7.00. The Hall–Kier alpha value is -8.90. The van der Waals surface area contributed by atoms with Gasteiger partial charge in [-0.1, -0.05) is 12.1 Å². The van der Waals surface area contributed by atoms with E-state index in [9.17, 15) is 26.3 Å². The van der Waals surface area contributed by atoms with Crippen LogP contribution in [0.5, 0.6) is 0 Å². The van der Waals surface area contributed by atoms with Crippen molar-refractivity contribution in [2.75, 3.05) is 0 Å². The molecule has 0 radical (unpaired) electrons. The number of hydrogen-bond acceptors (Lipinski definition) is 12. The van der Waals surface area contributed by atoms with Crippen molar-refractivity contribution in [3.8, 4) is 79.2 Å². The Morgan fingerprint density at radius 2 is 1.17 bits per heavy atom. The van der Waals surface area contributed by atoms with E-state index in [0.29, 0.717) is 105 Å². The van der Waals surface area contributed by atoms with Crippen LogP contribution in [0.3, 0.4) is 0 Å². The molecule has 6 aliphatic carbocycles. The number of pyridine rings is 4. The lowest BCUT2D eigenvalue weighted by molar-refractivity contribution is -0.138. The largest absolute Gasteiger partial charge is 0.418 e. The van der Waals surface area contributed by atoms with Crippen molar-refractivity contribution in [3.05, 3.63) is 168 Å². The monoisotopic (exact) mass is 1190 g/mol. The average molecular weight is 1190 g/mol. The molecule has 10 aromatic rings. The number of aromatic nitrogens is 14. The van der Waals surface area contributed by atoms with Crippen molar-refractivity contribution < 1.29 is 39.9 Å². The fourth-order valence-corrected chi connectivity index (χ4v) is 12.5. The molecule has 6 aliphatic rings. The normalized spacial score (nSPS) is 19.9. The minimum Gasteiger partial charge on any atom is -0.372 e. The lowest BCUT2D eigenvalue weighted by Gasteiger charge is -2.24. The van der Waals surface area contributed by atoms with Gasteiger partial charge in [0.05, 0.1) is 59.0 Å². The van der Waals surface area contributed by atoms with E-state index in [2.05, 4.69) is 45.9 Å². The van der Waals surface area contributed by atoms with Crippen molar-refractivity contribution in [3.63, 3.8) is 0 Å². The van der Waals surface area contributed by atoms with Crippen LogP contribution in [-0.2, 0) is 43.8 Å². The van der Waals surface area contributed by atoms with Gasteiger partial charge < -0.3 is 19.2 Å². The number of alkyl halides is 6. The zero-order valence-electron chi connectivity index (χ0n) is 46.6. The molecule has 0 amide bonds. The first-order valence-corrected chi connectivity index (χ1v) is 29.0. The van der Waals surface area contributed by atoms with Crippen LogP contribution < -0.4 is 5.32 Å². The second-order valence-electron chi connectivity index (χ2n) is 23.7. The molecule has 6 fully saturated rings. The van der Waals surface area contributed by atoms with Crippen molar-refractivity contribution in [1.29, 1.82) is 0 Å². The number of ether oxygens (including phenoxy) is 1. The Kier molecular flexibility index (Phi) is 13.3. The molecular formula is C63H53F8N15O. The third-order valence-electron chi connectivity index (χ3n) is 17.4. The van der Waals surface area contributed by atoms with Crippen LogP contribution in [0.2, 0.25) is 0 Å². The molecule has 6 saturated carbocycles. The Balaban J connectivity index is 0.749. The molecule has 0 aliphatic heterocycles. The van der Waals surface area contributed by atoms with Gasteiger partial charge in [0.25, 0.3) is 0 Å². The number of hydrogen-bond donors (Lipinski definition) is 1. The predicted molar refractivity (Wildman–Crippen MR) is 301 cm³/mol. The van der Waals surface area contributed by atoms with Gasteiger partial charge in [-0.2, -0.15) is 36.5 Å². The first kappa shape index (κ1) is 54.7. The predicted octanol–water partition coefficient (Wildman–Crippen LogP) is 12.9. The highest BCUT2D eigenvalue weighted by molar-refractivity contribution is 5.83. The zero-order valence-corrected chi connectivity index (χ0v) is 46.6. The molecular weight excluding hydrogens is 1130 g/mol.